The van der Waals surface area contributed by atoms with E-state index in [1.54, 1.807) is 31.3 Å². The number of benzene rings is 1. The van der Waals surface area contributed by atoms with Crippen LogP contribution in [0.2, 0.25) is 0 Å². The highest BCUT2D eigenvalue weighted by Gasteiger charge is 2.09. The van der Waals surface area contributed by atoms with Crippen molar-refractivity contribution in [3.8, 4) is 5.69 Å². The lowest BCUT2D eigenvalue weighted by atomic mass is 10.2. The third kappa shape index (κ3) is 2.23. The minimum absolute atomic E-state index is 0.0178. The number of hydrogen-bond acceptors (Lipinski definition) is 3. The van der Waals surface area contributed by atoms with Gasteiger partial charge in [-0.3, -0.25) is 19.5 Å². The first-order valence-electron chi connectivity index (χ1n) is 5.02. The standard InChI is InChI=1S/C12H10N2O3/c1-9-6-10(8-11(7-9)14(16)17)13-5-3-2-4-12(13)15/h2-8H,1H3. The van der Waals surface area contributed by atoms with Crippen molar-refractivity contribution in [2.75, 3.05) is 0 Å². The lowest BCUT2D eigenvalue weighted by Crippen LogP contribution is -2.15. The molecule has 0 amide bonds. The van der Waals surface area contributed by atoms with Crippen LogP contribution in [-0.4, -0.2) is 9.49 Å². The minimum Gasteiger partial charge on any atom is -0.284 e. The first-order chi connectivity index (χ1) is 8.08. The van der Waals surface area contributed by atoms with Crippen molar-refractivity contribution in [2.24, 2.45) is 0 Å². The Balaban J connectivity index is 2.64. The predicted octanol–water partition coefficient (Wildman–Crippen LogP) is 2.05. The molecule has 0 aliphatic heterocycles. The van der Waals surface area contributed by atoms with E-state index in [0.717, 1.165) is 5.56 Å². The second-order valence-electron chi connectivity index (χ2n) is 3.69. The van der Waals surface area contributed by atoms with E-state index in [1.807, 2.05) is 0 Å². The number of aryl methyl sites for hydroxylation is 1. The maximum atomic E-state index is 11.6. The van der Waals surface area contributed by atoms with E-state index in [1.165, 1.54) is 22.8 Å². The summed E-state index contributed by atoms with van der Waals surface area (Å²) in [4.78, 5) is 21.9. The average Bonchev–Trinajstić information content (AvgIpc) is 2.28. The fourth-order valence-corrected chi connectivity index (χ4v) is 1.63. The van der Waals surface area contributed by atoms with Crippen molar-refractivity contribution in [3.05, 3.63) is 68.6 Å². The van der Waals surface area contributed by atoms with Gasteiger partial charge in [-0.25, -0.2) is 0 Å². The molecule has 0 aliphatic rings. The fraction of sp³-hybridized carbons (Fsp3) is 0.0833. The molecule has 0 saturated heterocycles. The van der Waals surface area contributed by atoms with E-state index in [9.17, 15) is 14.9 Å². The van der Waals surface area contributed by atoms with Gasteiger partial charge in [-0.1, -0.05) is 6.07 Å². The molecule has 1 heterocycles. The fourth-order valence-electron chi connectivity index (χ4n) is 1.63. The van der Waals surface area contributed by atoms with Gasteiger partial charge in [-0.15, -0.1) is 0 Å². The second-order valence-corrected chi connectivity index (χ2v) is 3.69. The molecule has 0 saturated carbocycles. The molecule has 1 aromatic heterocycles. The van der Waals surface area contributed by atoms with Crippen LogP contribution in [0.1, 0.15) is 5.56 Å². The molecule has 0 spiro atoms. The molecule has 1 aromatic carbocycles. The van der Waals surface area contributed by atoms with Crippen molar-refractivity contribution in [2.45, 2.75) is 6.92 Å². The molecular formula is C12H10N2O3. The van der Waals surface area contributed by atoms with E-state index in [2.05, 4.69) is 0 Å². The molecule has 0 radical (unpaired) electrons. The third-order valence-corrected chi connectivity index (χ3v) is 2.36. The quantitative estimate of drug-likeness (QED) is 0.585. The van der Waals surface area contributed by atoms with Gasteiger partial charge in [0.2, 0.25) is 0 Å². The summed E-state index contributed by atoms with van der Waals surface area (Å²) < 4.78 is 1.38. The largest absolute Gasteiger partial charge is 0.284 e. The van der Waals surface area contributed by atoms with Crippen LogP contribution in [0, 0.1) is 17.0 Å². The number of nitro groups is 1. The Kier molecular flexibility index (Phi) is 2.74. The Morgan fingerprint density at radius 2 is 2.00 bits per heavy atom. The van der Waals surface area contributed by atoms with Gasteiger partial charge < -0.3 is 0 Å². The Morgan fingerprint density at radius 3 is 2.65 bits per heavy atom. The Bertz CT molecular complexity index is 632. The zero-order valence-electron chi connectivity index (χ0n) is 9.16. The number of nitrogens with zero attached hydrogens (tertiary/aromatic N) is 2. The highest BCUT2D eigenvalue weighted by atomic mass is 16.6. The topological polar surface area (TPSA) is 65.1 Å². The molecular weight excluding hydrogens is 220 g/mol. The van der Waals surface area contributed by atoms with Crippen LogP contribution in [0.15, 0.2) is 47.4 Å². The lowest BCUT2D eigenvalue weighted by Gasteiger charge is -2.05. The monoisotopic (exact) mass is 230 g/mol. The molecule has 2 rings (SSSR count). The molecule has 0 bridgehead atoms. The second kappa shape index (κ2) is 4.21. The van der Waals surface area contributed by atoms with E-state index in [0.29, 0.717) is 5.69 Å². The summed E-state index contributed by atoms with van der Waals surface area (Å²) in [5.74, 6) is 0. The maximum absolute atomic E-state index is 11.6. The van der Waals surface area contributed by atoms with Crippen LogP contribution in [0.4, 0.5) is 5.69 Å². The summed E-state index contributed by atoms with van der Waals surface area (Å²) in [5, 5.41) is 10.7. The number of aromatic nitrogens is 1. The third-order valence-electron chi connectivity index (χ3n) is 2.36. The van der Waals surface area contributed by atoms with Crippen molar-refractivity contribution in [3.63, 3.8) is 0 Å². The summed E-state index contributed by atoms with van der Waals surface area (Å²) >= 11 is 0. The van der Waals surface area contributed by atoms with E-state index >= 15 is 0 Å². The van der Waals surface area contributed by atoms with Crippen LogP contribution in [0.25, 0.3) is 5.69 Å². The molecule has 0 N–H and O–H groups in total. The summed E-state index contributed by atoms with van der Waals surface area (Å²) in [6, 6.07) is 9.33. The molecule has 0 atom stereocenters. The van der Waals surface area contributed by atoms with E-state index < -0.39 is 4.92 Å². The molecule has 5 nitrogen and oxygen atoms in total. The highest BCUT2D eigenvalue weighted by molar-refractivity contribution is 5.46. The molecule has 86 valence electrons. The molecule has 0 aliphatic carbocycles. The average molecular weight is 230 g/mol. The molecule has 2 aromatic rings. The molecule has 0 fully saturated rings. The van der Waals surface area contributed by atoms with Gasteiger partial charge in [-0.2, -0.15) is 0 Å². The predicted molar refractivity (Wildman–Crippen MR) is 63.4 cm³/mol. The molecule has 5 heteroatoms. The van der Waals surface area contributed by atoms with Gasteiger partial charge >= 0.3 is 0 Å². The Hall–Kier alpha value is -2.43. The lowest BCUT2D eigenvalue weighted by molar-refractivity contribution is -0.384. The number of non-ortho nitro benzene ring substituents is 1. The van der Waals surface area contributed by atoms with Crippen molar-refractivity contribution < 1.29 is 4.92 Å². The first-order valence-corrected chi connectivity index (χ1v) is 5.02. The molecule has 17 heavy (non-hydrogen) atoms. The van der Waals surface area contributed by atoms with Crippen molar-refractivity contribution >= 4 is 5.69 Å². The zero-order chi connectivity index (χ0) is 12.4. The van der Waals surface area contributed by atoms with Crippen LogP contribution < -0.4 is 5.56 Å². The first kappa shape index (κ1) is 11.1. The van der Waals surface area contributed by atoms with Crippen LogP contribution in [-0.2, 0) is 0 Å². The van der Waals surface area contributed by atoms with Gasteiger partial charge in [0.25, 0.3) is 11.2 Å². The van der Waals surface area contributed by atoms with Crippen molar-refractivity contribution in [1.29, 1.82) is 0 Å². The Labute approximate surface area is 97.1 Å². The maximum Gasteiger partial charge on any atom is 0.271 e. The smallest absolute Gasteiger partial charge is 0.271 e. The van der Waals surface area contributed by atoms with Gasteiger partial charge in [0.1, 0.15) is 0 Å². The van der Waals surface area contributed by atoms with E-state index in [4.69, 9.17) is 0 Å². The number of rotatable bonds is 2. The van der Waals surface area contributed by atoms with Gasteiger partial charge in [0.05, 0.1) is 10.6 Å². The summed E-state index contributed by atoms with van der Waals surface area (Å²) in [6.07, 6.45) is 1.58. The summed E-state index contributed by atoms with van der Waals surface area (Å²) in [7, 11) is 0. The SMILES string of the molecule is Cc1cc(-n2ccccc2=O)cc([N+](=O)[O-])c1. The Morgan fingerprint density at radius 1 is 1.24 bits per heavy atom. The van der Waals surface area contributed by atoms with Gasteiger partial charge in [0, 0.05) is 24.4 Å². The highest BCUT2D eigenvalue weighted by Crippen LogP contribution is 2.18. The zero-order valence-corrected chi connectivity index (χ0v) is 9.16. The minimum atomic E-state index is -0.468. The van der Waals surface area contributed by atoms with Crippen LogP contribution in [0.5, 0.6) is 0 Å². The summed E-state index contributed by atoms with van der Waals surface area (Å²) in [5.41, 5.74) is 1.01. The number of hydrogen-bond donors (Lipinski definition) is 0. The normalized spacial score (nSPS) is 10.2. The number of pyridine rings is 1. The van der Waals surface area contributed by atoms with Gasteiger partial charge in [0.15, 0.2) is 0 Å². The van der Waals surface area contributed by atoms with E-state index in [-0.39, 0.29) is 11.2 Å². The van der Waals surface area contributed by atoms with Gasteiger partial charge in [-0.05, 0) is 24.6 Å². The molecule has 0 unspecified atom stereocenters. The van der Waals surface area contributed by atoms with Crippen LogP contribution in [0.3, 0.4) is 0 Å². The van der Waals surface area contributed by atoms with Crippen molar-refractivity contribution in [1.82, 2.24) is 4.57 Å². The number of nitro benzene ring substituents is 1. The van der Waals surface area contributed by atoms with Crippen LogP contribution >= 0.6 is 0 Å². The summed E-state index contributed by atoms with van der Waals surface area (Å²) in [6.45, 7) is 1.75.